The van der Waals surface area contributed by atoms with Gasteiger partial charge in [-0.2, -0.15) is 5.10 Å². The molecule has 1 aromatic carbocycles. The van der Waals surface area contributed by atoms with Crippen molar-refractivity contribution in [2.45, 2.75) is 0 Å². The molecule has 4 rings (SSSR count). The molecule has 2 aromatic heterocycles. The summed E-state index contributed by atoms with van der Waals surface area (Å²) in [7, 11) is 0. The summed E-state index contributed by atoms with van der Waals surface area (Å²) >= 11 is 3.44. The van der Waals surface area contributed by atoms with E-state index in [0.29, 0.717) is 18.9 Å². The highest BCUT2D eigenvalue weighted by Crippen LogP contribution is 2.26. The molecule has 1 aliphatic heterocycles. The average Bonchev–Trinajstić information content (AvgIpc) is 3.10. The highest BCUT2D eigenvalue weighted by atomic mass is 79.9. The number of nitrogens with one attached hydrogen (secondary N) is 1. The molecular weight excluding hydrogens is 384 g/mol. The van der Waals surface area contributed by atoms with Gasteiger partial charge in [-0.15, -0.1) is 0 Å². The molecule has 0 spiro atoms. The molecule has 1 N–H and O–H groups in total. The monoisotopic (exact) mass is 398 g/mol. The predicted octanol–water partition coefficient (Wildman–Crippen LogP) is 2.50. The molecule has 1 fully saturated rings. The van der Waals surface area contributed by atoms with Crippen molar-refractivity contribution in [1.29, 1.82) is 0 Å². The van der Waals surface area contributed by atoms with Crippen molar-refractivity contribution in [3.63, 3.8) is 0 Å². The van der Waals surface area contributed by atoms with E-state index in [2.05, 4.69) is 41.2 Å². The number of anilines is 2. The Labute approximate surface area is 152 Å². The van der Waals surface area contributed by atoms with Crippen molar-refractivity contribution in [3.8, 4) is 5.82 Å². The maximum absolute atomic E-state index is 12.4. The minimum atomic E-state index is -0.0600. The fourth-order valence-corrected chi connectivity index (χ4v) is 3.05. The van der Waals surface area contributed by atoms with Crippen LogP contribution in [-0.2, 0) is 4.79 Å². The SMILES string of the molecule is O=C(Nc1ccccc1Br)C1CN(c2cc(-n3cccn3)ncn2)C1. The molecule has 126 valence electrons. The number of halogens is 1. The minimum absolute atomic E-state index is 0.0181. The average molecular weight is 399 g/mol. The molecule has 0 radical (unpaired) electrons. The largest absolute Gasteiger partial charge is 0.355 e. The van der Waals surface area contributed by atoms with Gasteiger partial charge in [0.25, 0.3) is 0 Å². The van der Waals surface area contributed by atoms with Crippen LogP contribution in [0.5, 0.6) is 0 Å². The summed E-state index contributed by atoms with van der Waals surface area (Å²) in [6.45, 7) is 1.26. The lowest BCUT2D eigenvalue weighted by Crippen LogP contribution is -2.52. The topological polar surface area (TPSA) is 75.9 Å². The summed E-state index contributed by atoms with van der Waals surface area (Å²) in [5.74, 6) is 1.46. The summed E-state index contributed by atoms with van der Waals surface area (Å²) in [5.41, 5.74) is 0.786. The van der Waals surface area contributed by atoms with E-state index >= 15 is 0 Å². The van der Waals surface area contributed by atoms with Gasteiger partial charge in [-0.25, -0.2) is 14.6 Å². The second-order valence-corrected chi connectivity index (χ2v) is 6.61. The third-order valence-corrected chi connectivity index (χ3v) is 4.78. The number of hydrogen-bond acceptors (Lipinski definition) is 5. The molecule has 3 aromatic rings. The van der Waals surface area contributed by atoms with Gasteiger partial charge in [0.05, 0.1) is 11.6 Å². The fourth-order valence-electron chi connectivity index (χ4n) is 2.67. The molecular formula is C17H15BrN6O. The Balaban J connectivity index is 1.40. The third-order valence-electron chi connectivity index (χ3n) is 4.09. The van der Waals surface area contributed by atoms with E-state index in [1.54, 1.807) is 10.9 Å². The Bertz CT molecular complexity index is 892. The minimum Gasteiger partial charge on any atom is -0.355 e. The van der Waals surface area contributed by atoms with Crippen LogP contribution in [0.1, 0.15) is 0 Å². The third kappa shape index (κ3) is 3.25. The highest BCUT2D eigenvalue weighted by Gasteiger charge is 2.33. The second kappa shape index (κ2) is 6.64. The zero-order valence-electron chi connectivity index (χ0n) is 13.2. The van der Waals surface area contributed by atoms with E-state index in [-0.39, 0.29) is 11.8 Å². The Hall–Kier alpha value is -2.74. The van der Waals surface area contributed by atoms with Crippen molar-refractivity contribution in [1.82, 2.24) is 19.7 Å². The molecule has 0 atom stereocenters. The first-order valence-corrected chi connectivity index (χ1v) is 8.62. The molecule has 0 bridgehead atoms. The van der Waals surface area contributed by atoms with Gasteiger partial charge < -0.3 is 10.2 Å². The highest BCUT2D eigenvalue weighted by molar-refractivity contribution is 9.10. The zero-order valence-corrected chi connectivity index (χ0v) is 14.8. The first-order valence-electron chi connectivity index (χ1n) is 7.83. The smallest absolute Gasteiger partial charge is 0.231 e. The number of amides is 1. The number of para-hydroxylation sites is 1. The van der Waals surface area contributed by atoms with Crippen LogP contribution in [0.15, 0.2) is 59.6 Å². The van der Waals surface area contributed by atoms with Gasteiger partial charge in [0, 0.05) is 36.0 Å². The van der Waals surface area contributed by atoms with Gasteiger partial charge in [-0.3, -0.25) is 4.79 Å². The molecule has 7 nitrogen and oxygen atoms in total. The van der Waals surface area contributed by atoms with Crippen LogP contribution in [-0.4, -0.2) is 38.7 Å². The van der Waals surface area contributed by atoms with Crippen LogP contribution in [0, 0.1) is 5.92 Å². The molecule has 0 aliphatic carbocycles. The lowest BCUT2D eigenvalue weighted by Gasteiger charge is -2.39. The van der Waals surface area contributed by atoms with Gasteiger partial charge in [-0.05, 0) is 34.1 Å². The second-order valence-electron chi connectivity index (χ2n) is 5.76. The van der Waals surface area contributed by atoms with E-state index in [1.165, 1.54) is 6.33 Å². The number of carbonyl (C=O) groups excluding carboxylic acids is 1. The maximum Gasteiger partial charge on any atom is 0.231 e. The molecule has 1 amide bonds. The predicted molar refractivity (Wildman–Crippen MR) is 97.6 cm³/mol. The van der Waals surface area contributed by atoms with Crippen molar-refractivity contribution >= 4 is 33.3 Å². The molecule has 3 heterocycles. The number of nitrogens with zero attached hydrogens (tertiary/aromatic N) is 5. The first kappa shape index (κ1) is 15.8. The molecule has 0 unspecified atom stereocenters. The summed E-state index contributed by atoms with van der Waals surface area (Å²) < 4.78 is 2.56. The van der Waals surface area contributed by atoms with Crippen LogP contribution in [0.3, 0.4) is 0 Å². The summed E-state index contributed by atoms with van der Waals surface area (Å²) in [4.78, 5) is 22.9. The lowest BCUT2D eigenvalue weighted by atomic mass is 9.99. The van der Waals surface area contributed by atoms with E-state index in [4.69, 9.17) is 0 Å². The Morgan fingerprint density at radius 3 is 2.72 bits per heavy atom. The molecule has 25 heavy (non-hydrogen) atoms. The van der Waals surface area contributed by atoms with Gasteiger partial charge in [0.2, 0.25) is 5.91 Å². The first-order chi connectivity index (χ1) is 12.2. The molecule has 0 saturated carbocycles. The standard InChI is InChI=1S/C17H15BrN6O/c18-13-4-1-2-5-14(13)22-17(25)12-9-23(10-12)15-8-16(20-11-19-15)24-7-3-6-21-24/h1-8,11-12H,9-10H2,(H,22,25). The lowest BCUT2D eigenvalue weighted by molar-refractivity contribution is -0.120. The van der Waals surface area contributed by atoms with Gasteiger partial charge in [0.15, 0.2) is 5.82 Å². The van der Waals surface area contributed by atoms with Crippen molar-refractivity contribution in [3.05, 3.63) is 59.6 Å². The van der Waals surface area contributed by atoms with Crippen LogP contribution < -0.4 is 10.2 Å². The summed E-state index contributed by atoms with van der Waals surface area (Å²) in [5, 5.41) is 7.13. The van der Waals surface area contributed by atoms with Crippen LogP contribution in [0.2, 0.25) is 0 Å². The summed E-state index contributed by atoms with van der Waals surface area (Å²) in [6.07, 6.45) is 5.05. The van der Waals surface area contributed by atoms with E-state index in [0.717, 1.165) is 16.0 Å². The van der Waals surface area contributed by atoms with Crippen molar-refractivity contribution in [2.24, 2.45) is 5.92 Å². The van der Waals surface area contributed by atoms with Gasteiger partial charge >= 0.3 is 0 Å². The Kier molecular flexibility index (Phi) is 4.19. The number of hydrogen-bond donors (Lipinski definition) is 1. The van der Waals surface area contributed by atoms with Crippen LogP contribution in [0.4, 0.5) is 11.5 Å². The van der Waals surface area contributed by atoms with Crippen LogP contribution in [0.25, 0.3) is 5.82 Å². The number of rotatable bonds is 4. The molecule has 1 saturated heterocycles. The molecule has 1 aliphatic rings. The fraction of sp³-hybridized carbons (Fsp3) is 0.176. The van der Waals surface area contributed by atoms with E-state index in [9.17, 15) is 4.79 Å². The molecule has 8 heteroatoms. The Morgan fingerprint density at radius 1 is 1.16 bits per heavy atom. The van der Waals surface area contributed by atoms with Crippen molar-refractivity contribution in [2.75, 3.05) is 23.3 Å². The summed E-state index contributed by atoms with van der Waals surface area (Å²) in [6, 6.07) is 11.3. The van der Waals surface area contributed by atoms with Crippen LogP contribution >= 0.6 is 15.9 Å². The number of benzene rings is 1. The quantitative estimate of drug-likeness (QED) is 0.730. The van der Waals surface area contributed by atoms with Crippen molar-refractivity contribution < 1.29 is 4.79 Å². The van der Waals surface area contributed by atoms with E-state index in [1.807, 2.05) is 42.6 Å². The van der Waals surface area contributed by atoms with Gasteiger partial charge in [0.1, 0.15) is 12.1 Å². The Morgan fingerprint density at radius 2 is 1.96 bits per heavy atom. The normalized spacial score (nSPS) is 14.2. The number of aromatic nitrogens is 4. The van der Waals surface area contributed by atoms with Gasteiger partial charge in [-0.1, -0.05) is 12.1 Å². The maximum atomic E-state index is 12.4. The number of carbonyl (C=O) groups is 1. The zero-order chi connectivity index (χ0) is 17.2. The van der Waals surface area contributed by atoms with E-state index < -0.39 is 0 Å².